The molecule has 5 nitrogen and oxygen atoms in total. The number of halogens is 1. The molecule has 1 atom stereocenters. The number of benzene rings is 2. The van der Waals surface area contributed by atoms with Crippen LogP contribution in [0.4, 0.5) is 4.79 Å². The monoisotopic (exact) mass is 472 g/mol. The third-order valence-electron chi connectivity index (χ3n) is 5.08. The normalized spacial score (nSPS) is 16.3. The molecule has 1 aliphatic heterocycles. The summed E-state index contributed by atoms with van der Waals surface area (Å²) in [4.78, 5) is 26.0. The Morgan fingerprint density at radius 2 is 1.90 bits per heavy atom. The van der Waals surface area contributed by atoms with Crippen molar-refractivity contribution in [2.75, 3.05) is 6.54 Å². The fourth-order valence-corrected chi connectivity index (χ4v) is 3.91. The van der Waals surface area contributed by atoms with Crippen LogP contribution in [0.5, 0.6) is 0 Å². The molecule has 2 aromatic carbocycles. The summed E-state index contributed by atoms with van der Waals surface area (Å²) >= 11 is 3.59. The molecule has 160 valence electrons. The third-order valence-corrected chi connectivity index (χ3v) is 5.94. The minimum absolute atomic E-state index is 0.0337. The van der Waals surface area contributed by atoms with Gasteiger partial charge in [-0.15, -0.1) is 0 Å². The van der Waals surface area contributed by atoms with Crippen LogP contribution in [-0.4, -0.2) is 35.1 Å². The molecule has 0 unspecified atom stereocenters. The van der Waals surface area contributed by atoms with Crippen LogP contribution in [0.15, 0.2) is 46.9 Å². The SMILES string of the molecule is Cc1c(Br)cccc1-c1ccc(CN(C[C@@H]2CCC(=O)N2)C(=O)OC(C)(C)C)cc1. The lowest BCUT2D eigenvalue weighted by Crippen LogP contribution is -2.43. The standard InChI is InChI=1S/C24H29BrN2O3/c1-16-20(6-5-7-21(16)25)18-10-8-17(9-11-18)14-27(23(29)30-24(2,3)4)15-19-12-13-22(28)26-19/h5-11,19H,12-15H2,1-4H3,(H,26,28)/t19-/m0/s1. The van der Waals surface area contributed by atoms with E-state index in [2.05, 4.69) is 46.4 Å². The van der Waals surface area contributed by atoms with Crippen LogP contribution >= 0.6 is 15.9 Å². The highest BCUT2D eigenvalue weighted by molar-refractivity contribution is 9.10. The molecule has 2 amide bonds. The molecule has 3 rings (SSSR count). The molecule has 1 N–H and O–H groups in total. The Hall–Kier alpha value is -2.34. The Kier molecular flexibility index (Phi) is 6.86. The van der Waals surface area contributed by atoms with Crippen molar-refractivity contribution in [3.63, 3.8) is 0 Å². The quantitative estimate of drug-likeness (QED) is 0.629. The van der Waals surface area contributed by atoms with E-state index in [9.17, 15) is 9.59 Å². The average Bonchev–Trinajstić information content (AvgIpc) is 3.08. The molecule has 0 saturated carbocycles. The zero-order valence-electron chi connectivity index (χ0n) is 18.0. The van der Waals surface area contributed by atoms with Crippen molar-refractivity contribution in [1.29, 1.82) is 0 Å². The van der Waals surface area contributed by atoms with Crippen molar-refractivity contribution in [3.8, 4) is 11.1 Å². The van der Waals surface area contributed by atoms with Gasteiger partial charge in [-0.2, -0.15) is 0 Å². The molecule has 0 bridgehead atoms. The van der Waals surface area contributed by atoms with Crippen LogP contribution in [0.25, 0.3) is 11.1 Å². The van der Waals surface area contributed by atoms with E-state index in [-0.39, 0.29) is 18.0 Å². The zero-order chi connectivity index (χ0) is 21.9. The van der Waals surface area contributed by atoms with E-state index in [1.165, 1.54) is 11.1 Å². The fraction of sp³-hybridized carbons (Fsp3) is 0.417. The van der Waals surface area contributed by atoms with Gasteiger partial charge in [0.05, 0.1) is 0 Å². The maximum Gasteiger partial charge on any atom is 0.410 e. The molecule has 1 fully saturated rings. The second kappa shape index (κ2) is 9.21. The second-order valence-corrected chi connectivity index (χ2v) is 9.63. The second-order valence-electron chi connectivity index (χ2n) is 8.77. The van der Waals surface area contributed by atoms with Crippen LogP contribution in [-0.2, 0) is 16.1 Å². The van der Waals surface area contributed by atoms with Gasteiger partial charge in [0.2, 0.25) is 5.91 Å². The first-order chi connectivity index (χ1) is 14.1. The van der Waals surface area contributed by atoms with Crippen molar-refractivity contribution in [1.82, 2.24) is 10.2 Å². The Labute approximate surface area is 186 Å². The number of hydrogen-bond acceptors (Lipinski definition) is 3. The highest BCUT2D eigenvalue weighted by atomic mass is 79.9. The Morgan fingerprint density at radius 1 is 1.20 bits per heavy atom. The van der Waals surface area contributed by atoms with E-state index >= 15 is 0 Å². The maximum absolute atomic E-state index is 12.8. The van der Waals surface area contributed by atoms with Crippen LogP contribution < -0.4 is 5.32 Å². The Balaban J connectivity index is 1.76. The molecule has 1 heterocycles. The third kappa shape index (κ3) is 5.85. The molecule has 1 aliphatic rings. The van der Waals surface area contributed by atoms with Gasteiger partial charge < -0.3 is 15.0 Å². The lowest BCUT2D eigenvalue weighted by Gasteiger charge is -2.29. The molecule has 0 aromatic heterocycles. The summed E-state index contributed by atoms with van der Waals surface area (Å²) in [6.07, 6.45) is 0.878. The summed E-state index contributed by atoms with van der Waals surface area (Å²) in [5.41, 5.74) is 3.94. The van der Waals surface area contributed by atoms with Crippen LogP contribution in [0.2, 0.25) is 0 Å². The number of carbonyl (C=O) groups excluding carboxylic acids is 2. The summed E-state index contributed by atoms with van der Waals surface area (Å²) in [7, 11) is 0. The van der Waals surface area contributed by atoms with Crippen LogP contribution in [0.3, 0.4) is 0 Å². The molecular weight excluding hydrogens is 444 g/mol. The molecule has 0 spiro atoms. The average molecular weight is 473 g/mol. The van der Waals surface area contributed by atoms with E-state index < -0.39 is 5.60 Å². The predicted octanol–water partition coefficient (Wildman–Crippen LogP) is 5.44. The summed E-state index contributed by atoms with van der Waals surface area (Å²) in [5, 5.41) is 2.94. The van der Waals surface area contributed by atoms with E-state index in [1.54, 1.807) is 4.90 Å². The topological polar surface area (TPSA) is 58.6 Å². The summed E-state index contributed by atoms with van der Waals surface area (Å²) in [5.74, 6) is 0.0397. The first-order valence-corrected chi connectivity index (χ1v) is 11.0. The molecule has 0 radical (unpaired) electrons. The van der Waals surface area contributed by atoms with Crippen LogP contribution in [0, 0.1) is 6.92 Å². The number of nitrogens with one attached hydrogen (secondary N) is 1. The van der Waals surface area contributed by atoms with Crippen molar-refractivity contribution in [3.05, 3.63) is 58.1 Å². The highest BCUT2D eigenvalue weighted by Crippen LogP contribution is 2.29. The summed E-state index contributed by atoms with van der Waals surface area (Å²) in [6.45, 7) is 8.53. The Bertz CT molecular complexity index is 919. The van der Waals surface area contributed by atoms with Gasteiger partial charge in [0.15, 0.2) is 0 Å². The summed E-state index contributed by atoms with van der Waals surface area (Å²) < 4.78 is 6.68. The molecule has 2 aromatic rings. The lowest BCUT2D eigenvalue weighted by molar-refractivity contribution is -0.119. The number of carbonyl (C=O) groups is 2. The molecule has 30 heavy (non-hydrogen) atoms. The van der Waals surface area contributed by atoms with Crippen molar-refractivity contribution < 1.29 is 14.3 Å². The van der Waals surface area contributed by atoms with Gasteiger partial charge in [0.25, 0.3) is 0 Å². The van der Waals surface area contributed by atoms with Gasteiger partial charge in [-0.05, 0) is 62.4 Å². The number of ether oxygens (including phenoxy) is 1. The van der Waals surface area contributed by atoms with Gasteiger partial charge in [-0.3, -0.25) is 4.79 Å². The first kappa shape index (κ1) is 22.3. The zero-order valence-corrected chi connectivity index (χ0v) is 19.6. The molecule has 6 heteroatoms. The van der Waals surface area contributed by atoms with Crippen molar-refractivity contribution in [2.24, 2.45) is 0 Å². The first-order valence-electron chi connectivity index (χ1n) is 10.2. The van der Waals surface area contributed by atoms with Crippen LogP contribution in [0.1, 0.15) is 44.7 Å². The summed E-state index contributed by atoms with van der Waals surface area (Å²) in [6, 6.07) is 14.4. The van der Waals surface area contributed by atoms with E-state index in [4.69, 9.17) is 4.74 Å². The highest BCUT2D eigenvalue weighted by Gasteiger charge is 2.28. The van der Waals surface area contributed by atoms with E-state index in [0.717, 1.165) is 22.0 Å². The predicted molar refractivity (Wildman–Crippen MR) is 122 cm³/mol. The molecule has 1 saturated heterocycles. The number of nitrogens with zero attached hydrogens (tertiary/aromatic N) is 1. The number of amides is 2. The fourth-order valence-electron chi connectivity index (χ4n) is 3.54. The van der Waals surface area contributed by atoms with Gasteiger partial charge in [0, 0.05) is 30.0 Å². The minimum atomic E-state index is -0.573. The maximum atomic E-state index is 12.8. The van der Waals surface area contributed by atoms with Crippen molar-refractivity contribution in [2.45, 2.75) is 58.7 Å². The van der Waals surface area contributed by atoms with E-state index in [0.29, 0.717) is 19.5 Å². The minimum Gasteiger partial charge on any atom is -0.444 e. The molecule has 0 aliphatic carbocycles. The molecular formula is C24H29BrN2O3. The number of hydrogen-bond donors (Lipinski definition) is 1. The lowest BCUT2D eigenvalue weighted by atomic mass is 9.99. The van der Waals surface area contributed by atoms with Crippen molar-refractivity contribution >= 4 is 27.9 Å². The Morgan fingerprint density at radius 3 is 2.50 bits per heavy atom. The van der Waals surface area contributed by atoms with Gasteiger partial charge in [0.1, 0.15) is 5.60 Å². The van der Waals surface area contributed by atoms with Gasteiger partial charge in [-0.25, -0.2) is 4.79 Å². The number of rotatable bonds is 5. The largest absolute Gasteiger partial charge is 0.444 e. The van der Waals surface area contributed by atoms with Gasteiger partial charge in [-0.1, -0.05) is 52.3 Å². The van der Waals surface area contributed by atoms with Gasteiger partial charge >= 0.3 is 6.09 Å². The smallest absolute Gasteiger partial charge is 0.410 e. The van der Waals surface area contributed by atoms with E-state index in [1.807, 2.05) is 45.0 Å².